The summed E-state index contributed by atoms with van der Waals surface area (Å²) in [6.45, 7) is 15.8. The Morgan fingerprint density at radius 2 is 1.73 bits per heavy atom. The third kappa shape index (κ3) is 6.74. The number of aromatic nitrogens is 3. The van der Waals surface area contributed by atoms with Crippen LogP contribution in [0.15, 0.2) is 71.4 Å². The van der Waals surface area contributed by atoms with Gasteiger partial charge in [-0.15, -0.1) is 53.6 Å². The van der Waals surface area contributed by atoms with Crippen LogP contribution < -0.4 is 5.19 Å². The normalized spacial score (nSPS) is 12.9. The molecule has 7 rings (SSSR count). The third-order valence-electron chi connectivity index (χ3n) is 8.61. The van der Waals surface area contributed by atoms with E-state index in [1.807, 2.05) is 37.4 Å². The molecule has 1 aliphatic rings. The first-order valence-electron chi connectivity index (χ1n) is 15.8. The fraction of sp³-hybridized carbons (Fsp3) is 0.308. The Morgan fingerprint density at radius 3 is 2.47 bits per heavy atom. The van der Waals surface area contributed by atoms with Crippen molar-refractivity contribution >= 4 is 35.3 Å². The van der Waals surface area contributed by atoms with Crippen LogP contribution in [0, 0.1) is 26.0 Å². The van der Waals surface area contributed by atoms with Crippen molar-refractivity contribution in [2.75, 3.05) is 0 Å². The Bertz CT molecular complexity index is 1960. The molecule has 0 atom stereocenters. The first kappa shape index (κ1) is 32.9. The Morgan fingerprint density at radius 1 is 0.933 bits per heavy atom. The molecule has 0 saturated heterocycles. The van der Waals surface area contributed by atoms with Crippen LogP contribution in [0.4, 0.5) is 0 Å². The predicted molar refractivity (Wildman–Crippen MR) is 185 cm³/mol. The molecule has 0 bridgehead atoms. The number of pyridine rings is 3. The summed E-state index contributed by atoms with van der Waals surface area (Å²) in [5.41, 5.74) is 12.0. The molecule has 1 aliphatic carbocycles. The van der Waals surface area contributed by atoms with Gasteiger partial charge in [0.1, 0.15) is 0 Å². The maximum atomic E-state index is 6.21. The molecule has 233 valence electrons. The van der Waals surface area contributed by atoms with Crippen LogP contribution in [-0.4, -0.2) is 23.0 Å². The number of furan rings is 1. The summed E-state index contributed by atoms with van der Waals surface area (Å²) in [6, 6.07) is 25.3. The number of fused-ring (bicyclic) bond motifs is 4. The first-order valence-corrected chi connectivity index (χ1v) is 19.3. The van der Waals surface area contributed by atoms with Gasteiger partial charge in [0.25, 0.3) is 0 Å². The molecule has 0 unspecified atom stereocenters. The number of hydrogen-bond donors (Lipinski definition) is 0. The van der Waals surface area contributed by atoms with Gasteiger partial charge in [0, 0.05) is 43.6 Å². The summed E-state index contributed by atoms with van der Waals surface area (Å²) < 4.78 is 6.21. The zero-order valence-corrected chi connectivity index (χ0v) is 30.7. The van der Waals surface area contributed by atoms with Gasteiger partial charge < -0.3 is 14.4 Å². The van der Waals surface area contributed by atoms with Crippen LogP contribution in [0.5, 0.6) is 0 Å². The maximum absolute atomic E-state index is 6.21. The largest absolute Gasteiger partial charge is 0.486 e. The molecule has 4 heterocycles. The molecule has 2 aromatic carbocycles. The molecule has 4 aromatic heterocycles. The Kier molecular flexibility index (Phi) is 9.88. The average molecular weight is 788 g/mol. The van der Waals surface area contributed by atoms with E-state index in [-0.39, 0.29) is 20.1 Å². The zero-order valence-electron chi connectivity index (χ0n) is 27.3. The number of rotatable bonds is 4. The molecular weight excluding hydrogens is 747 g/mol. The molecule has 45 heavy (non-hydrogen) atoms. The summed E-state index contributed by atoms with van der Waals surface area (Å²) in [5.74, 6) is 0.534. The minimum Gasteiger partial charge on any atom is -0.486 e. The van der Waals surface area contributed by atoms with E-state index in [1.165, 1.54) is 34.7 Å². The molecule has 6 aromatic rings. The number of aryl methyl sites for hydroxylation is 3. The summed E-state index contributed by atoms with van der Waals surface area (Å²) >= 11 is 0. The third-order valence-corrected chi connectivity index (χ3v) is 10.6. The van der Waals surface area contributed by atoms with Crippen molar-refractivity contribution in [1.82, 2.24) is 15.0 Å². The minimum atomic E-state index is -1.34. The molecule has 0 amide bonds. The second-order valence-electron chi connectivity index (χ2n) is 13.3. The monoisotopic (exact) mass is 788 g/mol. The average Bonchev–Trinajstić information content (AvgIpc) is 3.40. The molecule has 0 fully saturated rings. The van der Waals surface area contributed by atoms with Crippen LogP contribution in [0.3, 0.4) is 0 Å². The van der Waals surface area contributed by atoms with E-state index >= 15 is 0 Å². The maximum Gasteiger partial charge on any atom is 0.216 e. The van der Waals surface area contributed by atoms with Gasteiger partial charge in [-0.05, 0) is 73.3 Å². The van der Waals surface area contributed by atoms with E-state index in [1.54, 1.807) is 0 Å². The van der Waals surface area contributed by atoms with Gasteiger partial charge in [-0.25, -0.2) is 4.98 Å². The van der Waals surface area contributed by atoms with E-state index in [9.17, 15) is 0 Å². The number of benzene rings is 2. The fourth-order valence-electron chi connectivity index (χ4n) is 6.29. The van der Waals surface area contributed by atoms with E-state index < -0.39 is 8.07 Å². The van der Waals surface area contributed by atoms with Gasteiger partial charge in [0.05, 0.1) is 13.7 Å². The van der Waals surface area contributed by atoms with Gasteiger partial charge in [-0.1, -0.05) is 74.1 Å². The second-order valence-corrected chi connectivity index (χ2v) is 18.3. The van der Waals surface area contributed by atoms with E-state index in [4.69, 9.17) is 9.40 Å². The minimum absolute atomic E-state index is 0. The Hall–Kier alpha value is -3.44. The summed E-state index contributed by atoms with van der Waals surface area (Å²) in [7, 11) is -1.34. The van der Waals surface area contributed by atoms with Crippen molar-refractivity contribution in [2.24, 2.45) is 0 Å². The van der Waals surface area contributed by atoms with Crippen LogP contribution in [0.25, 0.3) is 44.6 Å². The molecule has 6 heteroatoms. The van der Waals surface area contributed by atoms with Crippen molar-refractivity contribution in [2.45, 2.75) is 78.9 Å². The van der Waals surface area contributed by atoms with Crippen molar-refractivity contribution in [3.8, 4) is 22.5 Å². The topological polar surface area (TPSA) is 51.8 Å². The van der Waals surface area contributed by atoms with E-state index in [2.05, 4.69) is 99.0 Å². The van der Waals surface area contributed by atoms with Gasteiger partial charge >= 0.3 is 0 Å². The van der Waals surface area contributed by atoms with Gasteiger partial charge in [0.2, 0.25) is 5.71 Å². The molecular formula is C39H41IrN3OSi-2. The van der Waals surface area contributed by atoms with Crippen LogP contribution >= 0.6 is 0 Å². The van der Waals surface area contributed by atoms with Crippen molar-refractivity contribution in [3.63, 3.8) is 0 Å². The summed E-state index contributed by atoms with van der Waals surface area (Å²) in [5, 5.41) is 3.67. The van der Waals surface area contributed by atoms with Gasteiger partial charge in [-0.2, -0.15) is 0 Å². The second kappa shape index (κ2) is 13.5. The van der Waals surface area contributed by atoms with Crippen molar-refractivity contribution in [1.29, 1.82) is 0 Å². The predicted octanol–water partition coefficient (Wildman–Crippen LogP) is 9.55. The van der Waals surface area contributed by atoms with Crippen LogP contribution in [0.2, 0.25) is 19.6 Å². The quantitative estimate of drug-likeness (QED) is 0.132. The standard InChI is InChI=1S/C22H19N2O.C17H22NSi.Ir/c1-13-7-9-18(20-16-6-4-3-5-15(16)11-12-23-20)21-19(13)17-10-8-14(2)24-22(17)25-21;1-13(2)15-11-16(14-9-7-6-8-10-14)18-12-17(15)19(3,4)5;/h7-8,10-12H,3-6H2,1-2H3;6-9,11-13H,1-5H3;/q2*-1;. The van der Waals surface area contributed by atoms with Gasteiger partial charge in [0.15, 0.2) is 0 Å². The van der Waals surface area contributed by atoms with E-state index in [0.717, 1.165) is 63.0 Å². The summed E-state index contributed by atoms with van der Waals surface area (Å²) in [6.07, 6.45) is 8.72. The molecule has 0 saturated carbocycles. The zero-order chi connectivity index (χ0) is 31.0. The molecule has 0 spiro atoms. The first-order chi connectivity index (χ1) is 21.1. The molecule has 4 nitrogen and oxygen atoms in total. The van der Waals surface area contributed by atoms with Gasteiger partial charge in [-0.3, -0.25) is 0 Å². The van der Waals surface area contributed by atoms with Crippen LogP contribution in [0.1, 0.15) is 60.6 Å². The molecule has 0 aliphatic heterocycles. The SMILES string of the molecule is CC(C)c1cc(-c2[c-]cccc2)ncc1[Si](C)(C)C.Cc1ccc2c(n1)oc1c(-c3nccc4c3CCCC4)[c-]cc(C)c12.[Ir]. The number of hydrogen-bond acceptors (Lipinski definition) is 4. The fourth-order valence-corrected chi connectivity index (χ4v) is 7.96. The summed E-state index contributed by atoms with van der Waals surface area (Å²) in [4.78, 5) is 14.0. The van der Waals surface area contributed by atoms with Crippen molar-refractivity contribution in [3.05, 3.63) is 107 Å². The Balaban J connectivity index is 0.000000181. The van der Waals surface area contributed by atoms with E-state index in [0.29, 0.717) is 11.6 Å². The molecule has 1 radical (unpaired) electrons. The van der Waals surface area contributed by atoms with Crippen LogP contribution in [-0.2, 0) is 32.9 Å². The molecule has 0 N–H and O–H groups in total. The Labute approximate surface area is 282 Å². The smallest absolute Gasteiger partial charge is 0.216 e. The number of nitrogens with zero attached hydrogens (tertiary/aromatic N) is 3. The van der Waals surface area contributed by atoms with Crippen molar-refractivity contribution < 1.29 is 24.5 Å².